The summed E-state index contributed by atoms with van der Waals surface area (Å²) in [4.78, 5) is 14.4. The van der Waals surface area contributed by atoms with Gasteiger partial charge in [-0.25, -0.2) is 4.79 Å². The van der Waals surface area contributed by atoms with Gasteiger partial charge in [0.15, 0.2) is 0 Å². The minimum absolute atomic E-state index is 0.311. The maximum absolute atomic E-state index is 11.3. The van der Waals surface area contributed by atoms with Crippen LogP contribution in [0.15, 0.2) is 17.5 Å². The van der Waals surface area contributed by atoms with Gasteiger partial charge in [0.2, 0.25) is 0 Å². The zero-order chi connectivity index (χ0) is 12.3. The first kappa shape index (κ1) is 12.4. The Balaban J connectivity index is 2.08. The molecule has 2 rings (SSSR count). The highest BCUT2D eigenvalue weighted by molar-refractivity contribution is 7.10. The van der Waals surface area contributed by atoms with E-state index in [4.69, 9.17) is 5.73 Å². The minimum atomic E-state index is -0.311. The number of piperidine rings is 1. The molecule has 0 aromatic carbocycles. The fourth-order valence-corrected chi connectivity index (χ4v) is 3.28. The monoisotopic (exact) mass is 253 g/mol. The first-order valence-corrected chi connectivity index (χ1v) is 6.89. The van der Waals surface area contributed by atoms with Gasteiger partial charge in [-0.3, -0.25) is 0 Å². The van der Waals surface area contributed by atoms with Crippen LogP contribution < -0.4 is 11.1 Å². The Bertz CT molecular complexity index is 366. The van der Waals surface area contributed by atoms with Crippen molar-refractivity contribution in [3.05, 3.63) is 22.4 Å². The summed E-state index contributed by atoms with van der Waals surface area (Å²) in [7, 11) is 0. The molecule has 0 spiro atoms. The number of nitrogens with two attached hydrogens (primary N) is 1. The van der Waals surface area contributed by atoms with Crippen LogP contribution in [0.2, 0.25) is 0 Å². The average molecular weight is 253 g/mol. The molecule has 2 unspecified atom stereocenters. The lowest BCUT2D eigenvalue weighted by atomic mass is 9.93. The van der Waals surface area contributed by atoms with Gasteiger partial charge in [0.1, 0.15) is 0 Å². The summed E-state index contributed by atoms with van der Waals surface area (Å²) in [6.07, 6.45) is 1.08. The van der Waals surface area contributed by atoms with Crippen LogP contribution >= 0.6 is 11.3 Å². The van der Waals surface area contributed by atoms with E-state index in [1.807, 2.05) is 0 Å². The number of nitrogens with one attached hydrogen (secondary N) is 1. The van der Waals surface area contributed by atoms with Crippen molar-refractivity contribution in [3.8, 4) is 0 Å². The molecule has 1 aromatic heterocycles. The predicted octanol–water partition coefficient (Wildman–Crippen LogP) is 1.59. The van der Waals surface area contributed by atoms with Crippen molar-refractivity contribution in [2.24, 2.45) is 5.73 Å². The van der Waals surface area contributed by atoms with E-state index in [0.29, 0.717) is 12.0 Å². The largest absolute Gasteiger partial charge is 0.351 e. The van der Waals surface area contributed by atoms with Gasteiger partial charge in [-0.15, -0.1) is 11.3 Å². The van der Waals surface area contributed by atoms with Crippen LogP contribution in [-0.4, -0.2) is 36.6 Å². The molecule has 1 saturated heterocycles. The van der Waals surface area contributed by atoms with E-state index in [-0.39, 0.29) is 6.03 Å². The molecule has 0 aliphatic carbocycles. The summed E-state index contributed by atoms with van der Waals surface area (Å²) in [6, 6.07) is 4.25. The standard InChI is InChI=1S/C12H19N3OS/c1-2-14-10-6-9(11-4-3-5-17-11)7-15(8-10)12(13)16/h3-5,9-10,14H,2,6-8H2,1H3,(H2,13,16). The highest BCUT2D eigenvalue weighted by Crippen LogP contribution is 2.30. The number of rotatable bonds is 3. The van der Waals surface area contributed by atoms with Crippen LogP contribution in [-0.2, 0) is 0 Å². The molecule has 5 heteroatoms. The van der Waals surface area contributed by atoms with Crippen molar-refractivity contribution >= 4 is 17.4 Å². The van der Waals surface area contributed by atoms with Crippen molar-refractivity contribution in [3.63, 3.8) is 0 Å². The first-order valence-electron chi connectivity index (χ1n) is 6.02. The second-order valence-electron chi connectivity index (χ2n) is 4.45. The zero-order valence-corrected chi connectivity index (χ0v) is 10.9. The van der Waals surface area contributed by atoms with E-state index in [9.17, 15) is 4.79 Å². The first-order chi connectivity index (χ1) is 8.20. The van der Waals surface area contributed by atoms with Crippen molar-refractivity contribution in [2.75, 3.05) is 19.6 Å². The maximum atomic E-state index is 11.3. The number of primary amides is 1. The number of likely N-dealkylation sites (N-methyl/N-ethyl adjacent to an activating group) is 1. The molecule has 0 bridgehead atoms. The van der Waals surface area contributed by atoms with Crippen molar-refractivity contribution in [2.45, 2.75) is 25.3 Å². The molecule has 1 aliphatic rings. The van der Waals surface area contributed by atoms with Crippen molar-refractivity contribution in [1.82, 2.24) is 10.2 Å². The quantitative estimate of drug-likeness (QED) is 0.859. The summed E-state index contributed by atoms with van der Waals surface area (Å²) >= 11 is 1.76. The molecular weight excluding hydrogens is 234 g/mol. The SMILES string of the molecule is CCNC1CC(c2cccs2)CN(C(N)=O)C1. The highest BCUT2D eigenvalue weighted by atomic mass is 32.1. The number of carbonyl (C=O) groups is 1. The fraction of sp³-hybridized carbons (Fsp3) is 0.583. The second-order valence-corrected chi connectivity index (χ2v) is 5.43. The minimum Gasteiger partial charge on any atom is -0.351 e. The molecule has 1 aliphatic heterocycles. The molecule has 4 nitrogen and oxygen atoms in total. The number of hydrogen-bond acceptors (Lipinski definition) is 3. The van der Waals surface area contributed by atoms with Gasteiger partial charge in [0.05, 0.1) is 0 Å². The number of nitrogens with zero attached hydrogens (tertiary/aromatic N) is 1. The molecule has 0 radical (unpaired) electrons. The smallest absolute Gasteiger partial charge is 0.314 e. The molecule has 94 valence electrons. The summed E-state index contributed by atoms with van der Waals surface area (Å²) in [5, 5.41) is 5.50. The normalized spacial score (nSPS) is 24.9. The average Bonchev–Trinajstić information content (AvgIpc) is 2.82. The Kier molecular flexibility index (Phi) is 4.02. The number of amides is 2. The van der Waals surface area contributed by atoms with Gasteiger partial charge >= 0.3 is 6.03 Å². The third-order valence-electron chi connectivity index (χ3n) is 3.20. The van der Waals surface area contributed by atoms with Gasteiger partial charge in [0.25, 0.3) is 0 Å². The number of urea groups is 1. The second kappa shape index (κ2) is 5.51. The predicted molar refractivity (Wildman–Crippen MR) is 70.3 cm³/mol. The topological polar surface area (TPSA) is 58.4 Å². The molecule has 1 fully saturated rings. The number of thiophene rings is 1. The van der Waals surface area contributed by atoms with Crippen LogP contribution in [0.3, 0.4) is 0 Å². The molecule has 2 atom stereocenters. The summed E-state index contributed by atoms with van der Waals surface area (Å²) < 4.78 is 0. The van der Waals surface area contributed by atoms with E-state index in [1.54, 1.807) is 16.2 Å². The molecular formula is C12H19N3OS. The van der Waals surface area contributed by atoms with Gasteiger partial charge in [-0.05, 0) is 24.4 Å². The molecule has 1 aromatic rings. The van der Waals surface area contributed by atoms with Crippen molar-refractivity contribution < 1.29 is 4.79 Å². The van der Waals surface area contributed by atoms with E-state index in [0.717, 1.165) is 26.1 Å². The van der Waals surface area contributed by atoms with Crippen LogP contribution in [0.1, 0.15) is 24.1 Å². The third kappa shape index (κ3) is 2.98. The Morgan fingerprint density at radius 1 is 1.65 bits per heavy atom. The Morgan fingerprint density at radius 3 is 3.06 bits per heavy atom. The Morgan fingerprint density at radius 2 is 2.47 bits per heavy atom. The summed E-state index contributed by atoms with van der Waals surface area (Å²) in [5.41, 5.74) is 5.40. The lowest BCUT2D eigenvalue weighted by Gasteiger charge is -2.37. The van der Waals surface area contributed by atoms with Crippen LogP contribution in [0.5, 0.6) is 0 Å². The van der Waals surface area contributed by atoms with E-state index < -0.39 is 0 Å². The zero-order valence-electron chi connectivity index (χ0n) is 10.1. The molecule has 2 heterocycles. The Labute approximate surface area is 106 Å². The summed E-state index contributed by atoms with van der Waals surface area (Å²) in [6.45, 7) is 4.49. The summed E-state index contributed by atoms with van der Waals surface area (Å²) in [5.74, 6) is 0.417. The number of carbonyl (C=O) groups excluding carboxylic acids is 1. The number of hydrogen-bond donors (Lipinski definition) is 2. The Hall–Kier alpha value is -1.07. The molecule has 0 saturated carbocycles. The van der Waals surface area contributed by atoms with E-state index >= 15 is 0 Å². The van der Waals surface area contributed by atoms with E-state index in [2.05, 4.69) is 29.8 Å². The lowest BCUT2D eigenvalue weighted by Crippen LogP contribution is -2.52. The van der Waals surface area contributed by atoms with Gasteiger partial charge in [-0.1, -0.05) is 13.0 Å². The van der Waals surface area contributed by atoms with Crippen LogP contribution in [0.4, 0.5) is 4.79 Å². The van der Waals surface area contributed by atoms with Gasteiger partial charge in [-0.2, -0.15) is 0 Å². The van der Waals surface area contributed by atoms with E-state index in [1.165, 1.54) is 4.88 Å². The van der Waals surface area contributed by atoms with Crippen LogP contribution in [0.25, 0.3) is 0 Å². The van der Waals surface area contributed by atoms with Gasteiger partial charge in [0, 0.05) is 29.9 Å². The molecule has 17 heavy (non-hydrogen) atoms. The van der Waals surface area contributed by atoms with Crippen LogP contribution in [0, 0.1) is 0 Å². The fourth-order valence-electron chi connectivity index (χ4n) is 2.45. The third-order valence-corrected chi connectivity index (χ3v) is 4.24. The molecule has 2 amide bonds. The molecule has 3 N–H and O–H groups in total. The van der Waals surface area contributed by atoms with Gasteiger partial charge < -0.3 is 16.0 Å². The number of likely N-dealkylation sites (tertiary alicyclic amines) is 1. The maximum Gasteiger partial charge on any atom is 0.314 e. The highest BCUT2D eigenvalue weighted by Gasteiger charge is 2.29. The lowest BCUT2D eigenvalue weighted by molar-refractivity contribution is 0.173. The van der Waals surface area contributed by atoms with Crippen molar-refractivity contribution in [1.29, 1.82) is 0 Å².